The maximum absolute atomic E-state index is 11.7. The van der Waals surface area contributed by atoms with E-state index in [1.807, 2.05) is 31.2 Å². The molecule has 5 nitrogen and oxygen atoms in total. The van der Waals surface area contributed by atoms with E-state index in [2.05, 4.69) is 10.6 Å². The van der Waals surface area contributed by atoms with Crippen LogP contribution in [-0.2, 0) is 20.7 Å². The number of benzene rings is 1. The van der Waals surface area contributed by atoms with E-state index in [-0.39, 0.29) is 18.4 Å². The Hall–Kier alpha value is -1.88. The van der Waals surface area contributed by atoms with Crippen molar-refractivity contribution in [3.8, 4) is 0 Å². The summed E-state index contributed by atoms with van der Waals surface area (Å²) in [6.45, 7) is 3.16. The molecule has 0 saturated carbocycles. The van der Waals surface area contributed by atoms with Crippen LogP contribution in [-0.4, -0.2) is 38.6 Å². The van der Waals surface area contributed by atoms with Crippen molar-refractivity contribution in [2.24, 2.45) is 0 Å². The molecule has 0 atom stereocenters. The highest BCUT2D eigenvalue weighted by atomic mass is 16.5. The number of rotatable bonds is 8. The fraction of sp³-hybridized carbons (Fsp3) is 0.467. The summed E-state index contributed by atoms with van der Waals surface area (Å²) in [6, 6.07) is 7.76. The molecule has 0 saturated heterocycles. The topological polar surface area (TPSA) is 67.4 Å². The van der Waals surface area contributed by atoms with Crippen LogP contribution in [0.4, 0.5) is 0 Å². The van der Waals surface area contributed by atoms with Gasteiger partial charge in [0, 0.05) is 20.3 Å². The summed E-state index contributed by atoms with van der Waals surface area (Å²) in [5.41, 5.74) is 2.06. The van der Waals surface area contributed by atoms with Gasteiger partial charge >= 0.3 is 0 Å². The van der Waals surface area contributed by atoms with Crippen molar-refractivity contribution in [1.82, 2.24) is 10.6 Å². The van der Waals surface area contributed by atoms with Gasteiger partial charge in [0.2, 0.25) is 11.8 Å². The first kappa shape index (κ1) is 16.2. The lowest BCUT2D eigenvalue weighted by Crippen LogP contribution is -2.38. The van der Waals surface area contributed by atoms with E-state index >= 15 is 0 Å². The molecule has 0 aromatic heterocycles. The normalized spacial score (nSPS) is 10.1. The number of carbonyl (C=O) groups excluding carboxylic acids is 2. The van der Waals surface area contributed by atoms with E-state index in [1.165, 1.54) is 0 Å². The van der Waals surface area contributed by atoms with Crippen LogP contribution in [0.2, 0.25) is 0 Å². The lowest BCUT2D eigenvalue weighted by molar-refractivity contribution is -0.125. The highest BCUT2D eigenvalue weighted by molar-refractivity contribution is 5.85. The van der Waals surface area contributed by atoms with Crippen LogP contribution < -0.4 is 10.6 Å². The molecule has 0 aliphatic carbocycles. The number of nitrogens with one attached hydrogen (secondary N) is 2. The molecule has 0 radical (unpaired) electrons. The van der Waals surface area contributed by atoms with Crippen molar-refractivity contribution in [2.45, 2.75) is 19.8 Å². The third-order valence-electron chi connectivity index (χ3n) is 2.74. The molecule has 0 bridgehead atoms. The number of hydrogen-bond donors (Lipinski definition) is 2. The summed E-state index contributed by atoms with van der Waals surface area (Å²) in [4.78, 5) is 23.1. The lowest BCUT2D eigenvalue weighted by atomic mass is 10.1. The van der Waals surface area contributed by atoms with Crippen molar-refractivity contribution in [3.05, 3.63) is 35.4 Å². The van der Waals surface area contributed by atoms with E-state index in [1.54, 1.807) is 7.11 Å². The summed E-state index contributed by atoms with van der Waals surface area (Å²) in [6.07, 6.45) is 1.05. The maximum atomic E-state index is 11.7. The van der Waals surface area contributed by atoms with Crippen molar-refractivity contribution in [2.75, 3.05) is 26.8 Å². The molecule has 1 rings (SSSR count). The first-order chi connectivity index (χ1) is 9.61. The average molecular weight is 278 g/mol. The fourth-order valence-electron chi connectivity index (χ4n) is 1.76. The van der Waals surface area contributed by atoms with E-state index < -0.39 is 0 Å². The fourth-order valence-corrected chi connectivity index (χ4v) is 1.76. The zero-order chi connectivity index (χ0) is 14.8. The van der Waals surface area contributed by atoms with Crippen molar-refractivity contribution in [1.29, 1.82) is 0 Å². The van der Waals surface area contributed by atoms with Gasteiger partial charge in [-0.3, -0.25) is 9.59 Å². The van der Waals surface area contributed by atoms with Crippen LogP contribution in [0.15, 0.2) is 24.3 Å². The quantitative estimate of drug-likeness (QED) is 0.691. The zero-order valence-electron chi connectivity index (χ0n) is 12.1. The molecular formula is C15H22N2O3. The Morgan fingerprint density at radius 1 is 1.20 bits per heavy atom. The van der Waals surface area contributed by atoms with Crippen LogP contribution in [0.25, 0.3) is 0 Å². The third-order valence-corrected chi connectivity index (χ3v) is 2.74. The number of methoxy groups -OCH3 is 1. The van der Waals surface area contributed by atoms with Crippen LogP contribution in [0, 0.1) is 6.92 Å². The lowest BCUT2D eigenvalue weighted by Gasteiger charge is -2.07. The first-order valence-electron chi connectivity index (χ1n) is 6.69. The largest absolute Gasteiger partial charge is 0.385 e. The molecule has 0 aliphatic rings. The smallest absolute Gasteiger partial charge is 0.239 e. The second-order valence-corrected chi connectivity index (χ2v) is 4.64. The van der Waals surface area contributed by atoms with Gasteiger partial charge in [-0.2, -0.15) is 0 Å². The molecule has 2 N–H and O–H groups in total. The SMILES string of the molecule is COCCCNC(=O)CNC(=O)Cc1cccc(C)c1. The van der Waals surface area contributed by atoms with Crippen molar-refractivity contribution < 1.29 is 14.3 Å². The van der Waals surface area contributed by atoms with Gasteiger partial charge in [0.25, 0.3) is 0 Å². The monoisotopic (exact) mass is 278 g/mol. The molecule has 20 heavy (non-hydrogen) atoms. The number of hydrogen-bond acceptors (Lipinski definition) is 3. The van der Waals surface area contributed by atoms with E-state index in [0.717, 1.165) is 17.5 Å². The summed E-state index contributed by atoms with van der Waals surface area (Å²) in [5.74, 6) is -0.332. The van der Waals surface area contributed by atoms with E-state index in [4.69, 9.17) is 4.74 Å². The van der Waals surface area contributed by atoms with Gasteiger partial charge in [0.05, 0.1) is 13.0 Å². The Kier molecular flexibility index (Phi) is 7.35. The predicted octanol–water partition coefficient (Wildman–Crippen LogP) is 0.806. The molecule has 1 aromatic carbocycles. The Bertz CT molecular complexity index is 446. The highest BCUT2D eigenvalue weighted by Gasteiger charge is 2.06. The average Bonchev–Trinajstić information content (AvgIpc) is 2.41. The van der Waals surface area contributed by atoms with Crippen LogP contribution in [0.1, 0.15) is 17.5 Å². The number of amides is 2. The van der Waals surface area contributed by atoms with Gasteiger partial charge < -0.3 is 15.4 Å². The second-order valence-electron chi connectivity index (χ2n) is 4.64. The zero-order valence-corrected chi connectivity index (χ0v) is 12.1. The molecule has 1 aromatic rings. The van der Waals surface area contributed by atoms with Gasteiger partial charge in [-0.15, -0.1) is 0 Å². The van der Waals surface area contributed by atoms with E-state index in [0.29, 0.717) is 19.6 Å². The Labute approximate surface area is 119 Å². The second kappa shape index (κ2) is 9.09. The summed E-state index contributed by atoms with van der Waals surface area (Å²) in [5, 5.41) is 5.32. The molecule has 0 unspecified atom stereocenters. The van der Waals surface area contributed by atoms with Crippen molar-refractivity contribution >= 4 is 11.8 Å². The van der Waals surface area contributed by atoms with Crippen LogP contribution in [0.5, 0.6) is 0 Å². The minimum Gasteiger partial charge on any atom is -0.385 e. The highest BCUT2D eigenvalue weighted by Crippen LogP contribution is 2.04. The molecule has 0 heterocycles. The number of ether oxygens (including phenoxy) is 1. The Morgan fingerprint density at radius 2 is 2.00 bits per heavy atom. The summed E-state index contributed by atoms with van der Waals surface area (Å²) in [7, 11) is 1.62. The van der Waals surface area contributed by atoms with Gasteiger partial charge in [-0.25, -0.2) is 0 Å². The molecule has 0 aliphatic heterocycles. The Morgan fingerprint density at radius 3 is 2.70 bits per heavy atom. The predicted molar refractivity (Wildman–Crippen MR) is 77.4 cm³/mol. The molecule has 0 fully saturated rings. The van der Waals surface area contributed by atoms with E-state index in [9.17, 15) is 9.59 Å². The maximum Gasteiger partial charge on any atom is 0.239 e. The summed E-state index contributed by atoms with van der Waals surface area (Å²) < 4.78 is 4.88. The third kappa shape index (κ3) is 6.89. The Balaban J connectivity index is 2.21. The number of aryl methyl sites for hydroxylation is 1. The molecule has 110 valence electrons. The minimum absolute atomic E-state index is 0.0115. The summed E-state index contributed by atoms with van der Waals surface area (Å²) >= 11 is 0. The molecule has 0 spiro atoms. The van der Waals surface area contributed by atoms with Crippen LogP contribution in [0.3, 0.4) is 0 Å². The molecule has 5 heteroatoms. The molecule has 2 amide bonds. The first-order valence-corrected chi connectivity index (χ1v) is 6.69. The van der Waals surface area contributed by atoms with Gasteiger partial charge in [-0.1, -0.05) is 29.8 Å². The standard InChI is InChI=1S/C15H22N2O3/c1-12-5-3-6-13(9-12)10-14(18)17-11-15(19)16-7-4-8-20-2/h3,5-6,9H,4,7-8,10-11H2,1-2H3,(H,16,19)(H,17,18). The van der Waals surface area contributed by atoms with Crippen LogP contribution >= 0.6 is 0 Å². The number of carbonyl (C=O) groups is 2. The van der Waals surface area contributed by atoms with Gasteiger partial charge in [-0.05, 0) is 18.9 Å². The van der Waals surface area contributed by atoms with Gasteiger partial charge in [0.1, 0.15) is 0 Å². The van der Waals surface area contributed by atoms with Crippen molar-refractivity contribution in [3.63, 3.8) is 0 Å². The minimum atomic E-state index is -0.182. The van der Waals surface area contributed by atoms with Gasteiger partial charge in [0.15, 0.2) is 0 Å². The molecular weight excluding hydrogens is 256 g/mol.